The fraction of sp³-hybridized carbons (Fsp3) is 0.320. The molecule has 1 atom stereocenters. The molecule has 0 bridgehead atoms. The van der Waals surface area contributed by atoms with E-state index in [0.717, 1.165) is 12.5 Å². The summed E-state index contributed by atoms with van der Waals surface area (Å²) in [5.41, 5.74) is -0.254. The number of amides is 1. The number of aromatic nitrogens is 2. The van der Waals surface area contributed by atoms with Gasteiger partial charge in [0.1, 0.15) is 11.6 Å². The van der Waals surface area contributed by atoms with E-state index in [1.807, 2.05) is 4.90 Å². The highest BCUT2D eigenvalue weighted by Gasteiger charge is 2.39. The Morgan fingerprint density at radius 3 is 2.56 bits per heavy atom. The maximum atomic E-state index is 14.2. The molecule has 0 aliphatic carbocycles. The summed E-state index contributed by atoms with van der Waals surface area (Å²) < 4.78 is 56.1. The number of carbonyl (C=O) groups excluding carboxylic acids is 1. The van der Waals surface area contributed by atoms with Gasteiger partial charge in [0.15, 0.2) is 16.7 Å². The molecule has 190 valence electrons. The molecule has 3 aromatic rings. The van der Waals surface area contributed by atoms with Crippen LogP contribution >= 0.6 is 0 Å². The smallest absolute Gasteiger partial charge is 0.281 e. The van der Waals surface area contributed by atoms with Crippen LogP contribution in [-0.2, 0) is 10.0 Å². The number of nitrogens with one attached hydrogen (secondary N) is 1. The van der Waals surface area contributed by atoms with E-state index in [2.05, 4.69) is 35.5 Å². The number of benzene rings is 1. The molecule has 1 N–H and O–H groups in total. The fourth-order valence-corrected chi connectivity index (χ4v) is 5.52. The molecule has 36 heavy (non-hydrogen) atoms. The molecule has 1 fully saturated rings. The number of nitrogens with zero attached hydrogens (tertiary/aromatic N) is 4. The van der Waals surface area contributed by atoms with Crippen LogP contribution in [0.15, 0.2) is 59.8 Å². The molecule has 4 rings (SSSR count). The Hall–Kier alpha value is -3.60. The summed E-state index contributed by atoms with van der Waals surface area (Å²) in [5.74, 6) is -2.14. The van der Waals surface area contributed by atoms with Crippen LogP contribution in [0.3, 0.4) is 0 Å². The van der Waals surface area contributed by atoms with Crippen molar-refractivity contribution < 1.29 is 22.0 Å². The molecule has 0 spiro atoms. The second-order valence-corrected chi connectivity index (χ2v) is 11.1. The van der Waals surface area contributed by atoms with Crippen LogP contribution in [0.5, 0.6) is 0 Å². The van der Waals surface area contributed by atoms with Crippen LogP contribution in [0, 0.1) is 17.6 Å². The highest BCUT2D eigenvalue weighted by molar-refractivity contribution is 7.90. The van der Waals surface area contributed by atoms with Crippen LogP contribution in [0.2, 0.25) is 0 Å². The Balaban J connectivity index is 1.62. The van der Waals surface area contributed by atoms with Gasteiger partial charge in [-0.05, 0) is 62.6 Å². The summed E-state index contributed by atoms with van der Waals surface area (Å²) in [7, 11) is -2.97. The summed E-state index contributed by atoms with van der Waals surface area (Å²) in [4.78, 5) is 24.8. The minimum Gasteiger partial charge on any atom is -0.351 e. The number of anilines is 3. The van der Waals surface area contributed by atoms with Crippen molar-refractivity contribution in [3.8, 4) is 0 Å². The van der Waals surface area contributed by atoms with E-state index in [1.165, 1.54) is 48.3 Å². The van der Waals surface area contributed by atoms with Gasteiger partial charge in [0.05, 0.1) is 11.3 Å². The molecule has 1 aromatic carbocycles. The van der Waals surface area contributed by atoms with Crippen molar-refractivity contribution in [3.05, 3.63) is 71.9 Å². The maximum absolute atomic E-state index is 14.2. The lowest BCUT2D eigenvalue weighted by Crippen LogP contribution is -2.41. The number of pyridine rings is 2. The average molecular weight is 516 g/mol. The number of halogens is 2. The number of sulfonamides is 1. The Bertz CT molecular complexity index is 1410. The molecule has 1 unspecified atom stereocenters. The first-order valence-electron chi connectivity index (χ1n) is 11.4. The zero-order valence-electron chi connectivity index (χ0n) is 20.4. The van der Waals surface area contributed by atoms with Gasteiger partial charge in [0.25, 0.3) is 15.9 Å². The molecule has 2 aromatic heterocycles. The Labute approximate surface area is 209 Å². The van der Waals surface area contributed by atoms with Crippen LogP contribution in [0.1, 0.15) is 37.6 Å². The van der Waals surface area contributed by atoms with Crippen molar-refractivity contribution in [1.29, 1.82) is 0 Å². The third-order valence-electron chi connectivity index (χ3n) is 6.21. The zero-order valence-corrected chi connectivity index (χ0v) is 21.2. The van der Waals surface area contributed by atoms with Crippen LogP contribution in [0.25, 0.3) is 0 Å². The topological polar surface area (TPSA) is 95.5 Å². The van der Waals surface area contributed by atoms with E-state index in [1.54, 1.807) is 12.3 Å². The summed E-state index contributed by atoms with van der Waals surface area (Å²) in [5, 5.41) is -0.447. The zero-order chi connectivity index (χ0) is 26.3. The first kappa shape index (κ1) is 25.5. The van der Waals surface area contributed by atoms with Crippen molar-refractivity contribution >= 4 is 33.3 Å². The monoisotopic (exact) mass is 515 g/mol. The molecule has 3 heterocycles. The lowest BCUT2D eigenvalue weighted by atomic mass is 9.97. The number of hydrogen-bond acceptors (Lipinski definition) is 7. The van der Waals surface area contributed by atoms with Crippen LogP contribution < -0.4 is 14.5 Å². The van der Waals surface area contributed by atoms with Crippen molar-refractivity contribution in [2.24, 2.45) is 5.92 Å². The van der Waals surface area contributed by atoms with Crippen molar-refractivity contribution in [2.75, 3.05) is 23.4 Å². The molecule has 0 radical (unpaired) electrons. The van der Waals surface area contributed by atoms with Gasteiger partial charge in [-0.15, -0.1) is 0 Å². The third kappa shape index (κ3) is 4.88. The largest absolute Gasteiger partial charge is 0.351 e. The first-order valence-corrected chi connectivity index (χ1v) is 12.8. The number of carbonyl (C=O) groups is 1. The molecule has 1 amide bonds. The lowest BCUT2D eigenvalue weighted by Gasteiger charge is -2.33. The Morgan fingerprint density at radius 2 is 1.86 bits per heavy atom. The fourth-order valence-electron chi connectivity index (χ4n) is 4.59. The highest BCUT2D eigenvalue weighted by Crippen LogP contribution is 2.37. The normalized spacial score (nSPS) is 17.2. The van der Waals surface area contributed by atoms with E-state index in [9.17, 15) is 22.0 Å². The van der Waals surface area contributed by atoms with Crippen molar-refractivity contribution in [2.45, 2.75) is 37.8 Å². The third-order valence-corrected chi connectivity index (χ3v) is 7.44. The summed E-state index contributed by atoms with van der Waals surface area (Å²) in [6.07, 6.45) is 2.46. The second kappa shape index (κ2) is 9.45. The summed E-state index contributed by atoms with van der Waals surface area (Å²) in [6, 6.07) is 10.8. The average Bonchev–Trinajstić information content (AvgIpc) is 3.11. The summed E-state index contributed by atoms with van der Waals surface area (Å²) >= 11 is 0. The molecule has 0 saturated carbocycles. The molecule has 8 nitrogen and oxygen atoms in total. The minimum atomic E-state index is -4.40. The van der Waals surface area contributed by atoms with Gasteiger partial charge in [-0.25, -0.2) is 23.5 Å². The quantitative estimate of drug-likeness (QED) is 0.524. The minimum absolute atomic E-state index is 0.0460. The van der Waals surface area contributed by atoms with E-state index >= 15 is 0 Å². The van der Waals surface area contributed by atoms with E-state index in [-0.39, 0.29) is 22.6 Å². The highest BCUT2D eigenvalue weighted by atomic mass is 32.2. The molecular formula is C25H27F2N5O3S. The molecule has 1 saturated heterocycles. The van der Waals surface area contributed by atoms with Gasteiger partial charge in [0.2, 0.25) is 0 Å². The molecular weight excluding hydrogens is 488 g/mol. The van der Waals surface area contributed by atoms with Gasteiger partial charge in [-0.3, -0.25) is 4.79 Å². The predicted molar refractivity (Wildman–Crippen MR) is 133 cm³/mol. The standard InChI is InChI=1S/C25H27F2N5O3S/c1-16-14-25(2,3)32(15-16)23-17(8-7-13-28-23)24(33)30-36(34,35)21-12-6-11-20(29-21)31(4)19-10-5-9-18(26)22(19)27/h5-13,16H,14-15H2,1-4H3,(H,30,33). The molecule has 11 heteroatoms. The van der Waals surface area contributed by atoms with Gasteiger partial charge < -0.3 is 9.80 Å². The van der Waals surface area contributed by atoms with Crippen LogP contribution in [0.4, 0.5) is 26.1 Å². The number of hydrogen-bond donors (Lipinski definition) is 1. The van der Waals surface area contributed by atoms with E-state index in [4.69, 9.17) is 0 Å². The SMILES string of the molecule is CC1CN(c2ncccc2C(=O)NS(=O)(=O)c2cccc(N(C)c3cccc(F)c3F)n2)C(C)(C)C1. The van der Waals surface area contributed by atoms with Gasteiger partial charge >= 0.3 is 0 Å². The Kier molecular flexibility index (Phi) is 6.70. The molecule has 1 aliphatic heterocycles. The van der Waals surface area contributed by atoms with Crippen molar-refractivity contribution in [3.63, 3.8) is 0 Å². The van der Waals surface area contributed by atoms with Crippen molar-refractivity contribution in [1.82, 2.24) is 14.7 Å². The van der Waals surface area contributed by atoms with E-state index < -0.39 is 32.6 Å². The Morgan fingerprint density at radius 1 is 1.14 bits per heavy atom. The second-order valence-electron chi connectivity index (χ2n) is 9.51. The van der Waals surface area contributed by atoms with Gasteiger partial charge in [0, 0.05) is 25.3 Å². The van der Waals surface area contributed by atoms with Gasteiger partial charge in [-0.1, -0.05) is 19.1 Å². The predicted octanol–water partition coefficient (Wildman–Crippen LogP) is 4.27. The summed E-state index contributed by atoms with van der Waals surface area (Å²) in [6.45, 7) is 6.90. The maximum Gasteiger partial charge on any atom is 0.281 e. The number of rotatable bonds is 6. The molecule has 1 aliphatic rings. The first-order chi connectivity index (χ1) is 16.9. The van der Waals surface area contributed by atoms with E-state index in [0.29, 0.717) is 18.3 Å². The van der Waals surface area contributed by atoms with Crippen LogP contribution in [-0.4, -0.2) is 43.4 Å². The van der Waals surface area contributed by atoms with Gasteiger partial charge in [-0.2, -0.15) is 8.42 Å². The lowest BCUT2D eigenvalue weighted by molar-refractivity contribution is 0.0981.